The normalized spacial score (nSPS) is 11.3. The zero-order chi connectivity index (χ0) is 19.9. The molecule has 0 aliphatic carbocycles. The van der Waals surface area contributed by atoms with Crippen molar-refractivity contribution in [1.82, 2.24) is 0 Å². The Morgan fingerprint density at radius 2 is 1.27 bits per heavy atom. The highest BCUT2D eigenvalue weighted by atomic mass is 16.3. The molecule has 0 fully saturated rings. The summed E-state index contributed by atoms with van der Waals surface area (Å²) in [5.41, 5.74) is 6.41. The van der Waals surface area contributed by atoms with E-state index in [4.69, 9.17) is 4.42 Å². The fraction of sp³-hybridized carbons (Fsp3) is 0. The number of anilines is 2. The van der Waals surface area contributed by atoms with E-state index >= 15 is 0 Å². The van der Waals surface area contributed by atoms with E-state index in [1.54, 1.807) is 0 Å². The second-order valence-electron chi connectivity index (χ2n) is 7.51. The lowest BCUT2D eigenvalue weighted by molar-refractivity contribution is 0.669. The Kier molecular flexibility index (Phi) is 3.82. The molecule has 1 aromatic heterocycles. The molecule has 5 aromatic carbocycles. The Balaban J connectivity index is 1.48. The topological polar surface area (TPSA) is 25.2 Å². The van der Waals surface area contributed by atoms with Gasteiger partial charge in [0.05, 0.1) is 0 Å². The zero-order valence-electron chi connectivity index (χ0n) is 16.3. The summed E-state index contributed by atoms with van der Waals surface area (Å²) in [5, 5.41) is 8.32. The molecule has 0 aliphatic rings. The molecule has 0 saturated heterocycles. The molecular formula is C28H19NO. The van der Waals surface area contributed by atoms with E-state index in [0.717, 1.165) is 33.3 Å². The molecule has 30 heavy (non-hydrogen) atoms. The van der Waals surface area contributed by atoms with E-state index < -0.39 is 0 Å². The zero-order valence-corrected chi connectivity index (χ0v) is 16.3. The van der Waals surface area contributed by atoms with Gasteiger partial charge < -0.3 is 9.73 Å². The van der Waals surface area contributed by atoms with Gasteiger partial charge in [0, 0.05) is 27.5 Å². The van der Waals surface area contributed by atoms with Gasteiger partial charge in [0.25, 0.3) is 0 Å². The lowest BCUT2D eigenvalue weighted by Crippen LogP contribution is -1.92. The number of benzene rings is 5. The van der Waals surface area contributed by atoms with Gasteiger partial charge in [0.15, 0.2) is 0 Å². The van der Waals surface area contributed by atoms with Crippen LogP contribution in [0.15, 0.2) is 114 Å². The highest BCUT2D eigenvalue weighted by molar-refractivity contribution is 6.22. The van der Waals surface area contributed by atoms with E-state index in [9.17, 15) is 0 Å². The summed E-state index contributed by atoms with van der Waals surface area (Å²) in [7, 11) is 0. The molecule has 6 aromatic rings. The molecule has 2 heteroatoms. The third kappa shape index (κ3) is 2.73. The molecule has 1 heterocycles. The Morgan fingerprint density at radius 3 is 2.13 bits per heavy atom. The summed E-state index contributed by atoms with van der Waals surface area (Å²) < 4.78 is 6.10. The summed E-state index contributed by atoms with van der Waals surface area (Å²) in [6.07, 6.45) is 0. The summed E-state index contributed by atoms with van der Waals surface area (Å²) in [5.74, 6) is 0. The molecule has 0 amide bonds. The average molecular weight is 385 g/mol. The van der Waals surface area contributed by atoms with E-state index in [-0.39, 0.29) is 0 Å². The van der Waals surface area contributed by atoms with E-state index in [1.165, 1.54) is 21.9 Å². The summed E-state index contributed by atoms with van der Waals surface area (Å²) in [6, 6.07) is 37.8. The van der Waals surface area contributed by atoms with Crippen molar-refractivity contribution in [3.8, 4) is 11.1 Å². The monoisotopic (exact) mass is 385 g/mol. The van der Waals surface area contributed by atoms with Crippen LogP contribution in [-0.2, 0) is 0 Å². The van der Waals surface area contributed by atoms with Crippen molar-refractivity contribution in [2.75, 3.05) is 5.32 Å². The number of para-hydroxylation sites is 1. The molecule has 6 rings (SSSR count). The van der Waals surface area contributed by atoms with Crippen molar-refractivity contribution in [2.45, 2.75) is 0 Å². The molecule has 0 saturated carbocycles. The first-order chi connectivity index (χ1) is 14.9. The molecule has 1 N–H and O–H groups in total. The van der Waals surface area contributed by atoms with Crippen LogP contribution >= 0.6 is 0 Å². The van der Waals surface area contributed by atoms with Crippen molar-refractivity contribution >= 4 is 44.1 Å². The minimum atomic E-state index is 0.914. The maximum atomic E-state index is 6.10. The molecule has 0 bridgehead atoms. The first-order valence-electron chi connectivity index (χ1n) is 10.1. The van der Waals surface area contributed by atoms with E-state index in [1.807, 2.05) is 18.2 Å². The Hall–Kier alpha value is -4.04. The average Bonchev–Trinajstić information content (AvgIpc) is 3.19. The molecule has 0 aliphatic heterocycles. The Bertz CT molecular complexity index is 1490. The predicted molar refractivity (Wildman–Crippen MR) is 126 cm³/mol. The minimum Gasteiger partial charge on any atom is -0.456 e. The predicted octanol–water partition coefficient (Wildman–Crippen LogP) is 8.15. The van der Waals surface area contributed by atoms with Crippen molar-refractivity contribution in [2.24, 2.45) is 0 Å². The van der Waals surface area contributed by atoms with Gasteiger partial charge in [-0.25, -0.2) is 0 Å². The molecule has 0 unspecified atom stereocenters. The molecule has 0 spiro atoms. The number of fused-ring (bicyclic) bond motifs is 5. The van der Waals surface area contributed by atoms with Gasteiger partial charge in [0.2, 0.25) is 0 Å². The summed E-state index contributed by atoms with van der Waals surface area (Å²) in [4.78, 5) is 0. The largest absolute Gasteiger partial charge is 0.456 e. The molecule has 0 atom stereocenters. The van der Waals surface area contributed by atoms with E-state index in [2.05, 4.69) is 96.3 Å². The second-order valence-corrected chi connectivity index (χ2v) is 7.51. The standard InChI is InChI=1S/C28H19NO/c1-2-7-19(8-3-1)20-13-16-22(17-14-20)29-24-11-6-9-21-15-18-26-28(27(21)24)23-10-4-5-12-25(23)30-26/h1-18,29H. The molecule has 0 radical (unpaired) electrons. The number of furan rings is 1. The number of rotatable bonds is 3. The van der Waals surface area contributed by atoms with Crippen LogP contribution < -0.4 is 5.32 Å². The number of hydrogen-bond acceptors (Lipinski definition) is 2. The quantitative estimate of drug-likeness (QED) is 0.332. The molecule has 2 nitrogen and oxygen atoms in total. The van der Waals surface area contributed by atoms with Gasteiger partial charge in [-0.2, -0.15) is 0 Å². The van der Waals surface area contributed by atoms with Crippen LogP contribution in [0.5, 0.6) is 0 Å². The first-order valence-corrected chi connectivity index (χ1v) is 10.1. The maximum absolute atomic E-state index is 6.10. The van der Waals surface area contributed by atoms with Gasteiger partial charge in [-0.1, -0.05) is 78.9 Å². The van der Waals surface area contributed by atoms with Gasteiger partial charge in [-0.3, -0.25) is 0 Å². The van der Waals surface area contributed by atoms with E-state index in [0.29, 0.717) is 0 Å². The van der Waals surface area contributed by atoms with Gasteiger partial charge in [-0.15, -0.1) is 0 Å². The second kappa shape index (κ2) is 6.78. The third-order valence-electron chi connectivity index (χ3n) is 5.65. The fourth-order valence-electron chi connectivity index (χ4n) is 4.23. The Morgan fingerprint density at radius 1 is 0.500 bits per heavy atom. The molecule has 142 valence electrons. The van der Waals surface area contributed by atoms with Gasteiger partial charge in [0.1, 0.15) is 11.2 Å². The third-order valence-corrected chi connectivity index (χ3v) is 5.65. The highest BCUT2D eigenvalue weighted by Crippen LogP contribution is 2.39. The van der Waals surface area contributed by atoms with Crippen molar-refractivity contribution < 1.29 is 4.42 Å². The van der Waals surface area contributed by atoms with Crippen molar-refractivity contribution in [3.63, 3.8) is 0 Å². The van der Waals surface area contributed by atoms with Gasteiger partial charge in [-0.05, 0) is 46.8 Å². The number of nitrogens with one attached hydrogen (secondary N) is 1. The maximum Gasteiger partial charge on any atom is 0.136 e. The lowest BCUT2D eigenvalue weighted by atomic mass is 10.0. The van der Waals surface area contributed by atoms with Crippen LogP contribution in [0.4, 0.5) is 11.4 Å². The van der Waals surface area contributed by atoms with Crippen LogP contribution in [-0.4, -0.2) is 0 Å². The van der Waals surface area contributed by atoms with Crippen LogP contribution in [0.3, 0.4) is 0 Å². The van der Waals surface area contributed by atoms with Crippen molar-refractivity contribution in [3.05, 3.63) is 109 Å². The number of hydrogen-bond donors (Lipinski definition) is 1. The smallest absolute Gasteiger partial charge is 0.136 e. The Labute approximate surface area is 174 Å². The van der Waals surface area contributed by atoms with Gasteiger partial charge >= 0.3 is 0 Å². The molecular weight excluding hydrogens is 366 g/mol. The van der Waals surface area contributed by atoms with Crippen LogP contribution in [0.25, 0.3) is 43.8 Å². The first kappa shape index (κ1) is 16.9. The summed E-state index contributed by atoms with van der Waals surface area (Å²) >= 11 is 0. The van der Waals surface area contributed by atoms with Crippen molar-refractivity contribution in [1.29, 1.82) is 0 Å². The lowest BCUT2D eigenvalue weighted by Gasteiger charge is -2.12. The minimum absolute atomic E-state index is 0.914. The SMILES string of the molecule is c1ccc(-c2ccc(Nc3cccc4ccc5oc6ccccc6c5c34)cc2)cc1. The van der Waals surface area contributed by atoms with Crippen LogP contribution in [0.2, 0.25) is 0 Å². The van der Waals surface area contributed by atoms with Crippen LogP contribution in [0.1, 0.15) is 0 Å². The highest BCUT2D eigenvalue weighted by Gasteiger charge is 2.13. The fourth-order valence-corrected chi connectivity index (χ4v) is 4.23. The summed E-state index contributed by atoms with van der Waals surface area (Å²) in [6.45, 7) is 0. The van der Waals surface area contributed by atoms with Crippen LogP contribution in [0, 0.1) is 0 Å².